The average molecular weight is 312 g/mol. The van der Waals surface area contributed by atoms with Gasteiger partial charge in [-0.2, -0.15) is 0 Å². The lowest BCUT2D eigenvalue weighted by Crippen LogP contribution is -1.90. The molecule has 114 valence electrons. The van der Waals surface area contributed by atoms with E-state index in [-0.39, 0.29) is 5.56 Å². The van der Waals surface area contributed by atoms with Gasteiger partial charge in [0.2, 0.25) is 0 Å². The third-order valence-corrected chi connectivity index (χ3v) is 3.21. The highest BCUT2D eigenvalue weighted by Gasteiger charge is 2.07. The molecule has 0 radical (unpaired) electrons. The van der Waals surface area contributed by atoms with Gasteiger partial charge in [0.1, 0.15) is 5.82 Å². The van der Waals surface area contributed by atoms with E-state index in [0.717, 1.165) is 11.8 Å². The summed E-state index contributed by atoms with van der Waals surface area (Å²) in [5.74, 6) is -3.12. The van der Waals surface area contributed by atoms with Crippen molar-refractivity contribution in [2.45, 2.75) is 0 Å². The lowest BCUT2D eigenvalue weighted by Gasteiger charge is -2.01. The van der Waals surface area contributed by atoms with E-state index in [0.29, 0.717) is 17.3 Å². The first-order valence-electron chi connectivity index (χ1n) is 6.83. The minimum Gasteiger partial charge on any atom is -0.255 e. The van der Waals surface area contributed by atoms with Crippen LogP contribution in [0, 0.1) is 17.5 Å². The van der Waals surface area contributed by atoms with Crippen molar-refractivity contribution in [3.63, 3.8) is 0 Å². The number of hydrogen-bond acceptors (Lipinski definition) is 2. The van der Waals surface area contributed by atoms with Crippen LogP contribution in [0.1, 0.15) is 11.1 Å². The Bertz CT molecular complexity index is 844. The summed E-state index contributed by atoms with van der Waals surface area (Å²) in [7, 11) is 0. The van der Waals surface area contributed by atoms with Gasteiger partial charge in [0.05, 0.1) is 11.4 Å². The zero-order valence-electron chi connectivity index (χ0n) is 11.9. The van der Waals surface area contributed by atoms with Gasteiger partial charge in [0, 0.05) is 24.0 Å². The Morgan fingerprint density at radius 2 is 1.52 bits per heavy atom. The van der Waals surface area contributed by atoms with Crippen molar-refractivity contribution in [3.8, 4) is 11.4 Å². The molecule has 0 saturated heterocycles. The maximum Gasteiger partial charge on any atom is 0.161 e. The van der Waals surface area contributed by atoms with Gasteiger partial charge in [-0.3, -0.25) is 9.97 Å². The van der Waals surface area contributed by atoms with Crippen LogP contribution < -0.4 is 0 Å². The molecule has 1 aromatic carbocycles. The van der Waals surface area contributed by atoms with Gasteiger partial charge in [0.15, 0.2) is 11.6 Å². The lowest BCUT2D eigenvalue weighted by atomic mass is 10.1. The predicted octanol–water partition coefficient (Wildman–Crippen LogP) is 4.73. The molecule has 2 heterocycles. The molecule has 0 aliphatic carbocycles. The molecule has 0 saturated carbocycles. The highest BCUT2D eigenvalue weighted by Crippen LogP contribution is 2.18. The SMILES string of the molecule is Fc1cc(F)c(/C=C/c2ccc(-c3ccccn3)nc2)cc1F. The number of rotatable bonds is 3. The Morgan fingerprint density at radius 3 is 2.22 bits per heavy atom. The predicted molar refractivity (Wildman–Crippen MR) is 82.7 cm³/mol. The quantitative estimate of drug-likeness (QED) is 0.653. The van der Waals surface area contributed by atoms with E-state index in [1.165, 1.54) is 6.08 Å². The number of pyridine rings is 2. The molecule has 0 aliphatic heterocycles. The molecule has 0 atom stereocenters. The monoisotopic (exact) mass is 312 g/mol. The fourth-order valence-corrected chi connectivity index (χ4v) is 2.02. The van der Waals surface area contributed by atoms with E-state index in [4.69, 9.17) is 0 Å². The molecule has 0 fully saturated rings. The number of benzene rings is 1. The summed E-state index contributed by atoms with van der Waals surface area (Å²) in [6, 6.07) is 10.4. The van der Waals surface area contributed by atoms with Crippen LogP contribution in [-0.4, -0.2) is 9.97 Å². The molecule has 3 rings (SSSR count). The van der Waals surface area contributed by atoms with E-state index in [1.54, 1.807) is 30.6 Å². The van der Waals surface area contributed by atoms with E-state index >= 15 is 0 Å². The Kier molecular flexibility index (Phi) is 4.19. The van der Waals surface area contributed by atoms with Crippen LogP contribution in [0.3, 0.4) is 0 Å². The fourth-order valence-electron chi connectivity index (χ4n) is 2.02. The second-order valence-electron chi connectivity index (χ2n) is 4.81. The molecule has 0 spiro atoms. The number of nitrogens with zero attached hydrogens (tertiary/aromatic N) is 2. The zero-order valence-corrected chi connectivity index (χ0v) is 11.9. The molecular weight excluding hydrogens is 301 g/mol. The summed E-state index contributed by atoms with van der Waals surface area (Å²) in [6.45, 7) is 0. The summed E-state index contributed by atoms with van der Waals surface area (Å²) in [5.41, 5.74) is 2.13. The summed E-state index contributed by atoms with van der Waals surface area (Å²) < 4.78 is 39.5. The molecule has 0 bridgehead atoms. The van der Waals surface area contributed by atoms with Gasteiger partial charge in [-0.15, -0.1) is 0 Å². The van der Waals surface area contributed by atoms with Crippen molar-refractivity contribution in [3.05, 3.63) is 83.4 Å². The van der Waals surface area contributed by atoms with Crippen LogP contribution in [0.25, 0.3) is 23.5 Å². The van der Waals surface area contributed by atoms with Crippen molar-refractivity contribution in [1.82, 2.24) is 9.97 Å². The standard InChI is InChI=1S/C18H11F3N2/c19-14-10-16(21)15(20)9-13(14)6-4-12-5-7-18(23-11-12)17-3-1-2-8-22-17/h1-11H/b6-4+. The highest BCUT2D eigenvalue weighted by atomic mass is 19.2. The minimum absolute atomic E-state index is 0.0299. The molecule has 2 aromatic heterocycles. The number of hydrogen-bond donors (Lipinski definition) is 0. The Labute approximate surface area is 131 Å². The van der Waals surface area contributed by atoms with E-state index in [1.807, 2.05) is 18.2 Å². The van der Waals surface area contributed by atoms with Gasteiger partial charge in [-0.1, -0.05) is 24.3 Å². The van der Waals surface area contributed by atoms with Gasteiger partial charge in [0.25, 0.3) is 0 Å². The van der Waals surface area contributed by atoms with Crippen molar-refractivity contribution >= 4 is 12.2 Å². The zero-order chi connectivity index (χ0) is 16.2. The maximum absolute atomic E-state index is 13.5. The van der Waals surface area contributed by atoms with E-state index in [2.05, 4.69) is 9.97 Å². The third kappa shape index (κ3) is 3.45. The summed E-state index contributed by atoms with van der Waals surface area (Å²) >= 11 is 0. The van der Waals surface area contributed by atoms with Crippen LogP contribution >= 0.6 is 0 Å². The summed E-state index contributed by atoms with van der Waals surface area (Å²) in [6.07, 6.45) is 6.22. The van der Waals surface area contributed by atoms with Gasteiger partial charge >= 0.3 is 0 Å². The van der Waals surface area contributed by atoms with Crippen molar-refractivity contribution in [2.24, 2.45) is 0 Å². The first-order chi connectivity index (χ1) is 11.1. The van der Waals surface area contributed by atoms with Crippen molar-refractivity contribution in [1.29, 1.82) is 0 Å². The molecule has 0 aliphatic rings. The molecule has 23 heavy (non-hydrogen) atoms. The molecule has 5 heteroatoms. The number of aromatic nitrogens is 2. The van der Waals surface area contributed by atoms with Gasteiger partial charge in [-0.05, 0) is 29.8 Å². The third-order valence-electron chi connectivity index (χ3n) is 3.21. The molecule has 0 amide bonds. The van der Waals surface area contributed by atoms with Crippen LogP contribution in [0.2, 0.25) is 0 Å². The smallest absolute Gasteiger partial charge is 0.161 e. The topological polar surface area (TPSA) is 25.8 Å². The van der Waals surface area contributed by atoms with Crippen LogP contribution in [-0.2, 0) is 0 Å². The average Bonchev–Trinajstić information content (AvgIpc) is 2.58. The minimum atomic E-state index is -1.21. The second kappa shape index (κ2) is 6.44. The largest absolute Gasteiger partial charge is 0.255 e. The molecule has 0 unspecified atom stereocenters. The van der Waals surface area contributed by atoms with Crippen LogP contribution in [0.15, 0.2) is 54.9 Å². The summed E-state index contributed by atoms with van der Waals surface area (Å²) in [5, 5.41) is 0. The highest BCUT2D eigenvalue weighted by molar-refractivity contribution is 5.70. The van der Waals surface area contributed by atoms with E-state index < -0.39 is 17.5 Å². The molecule has 3 aromatic rings. The summed E-state index contributed by atoms with van der Waals surface area (Å²) in [4.78, 5) is 8.47. The van der Waals surface area contributed by atoms with Gasteiger partial charge < -0.3 is 0 Å². The first-order valence-corrected chi connectivity index (χ1v) is 6.83. The first kappa shape index (κ1) is 15.0. The normalized spacial score (nSPS) is 11.1. The number of halogens is 3. The van der Waals surface area contributed by atoms with E-state index in [9.17, 15) is 13.2 Å². The molecular formula is C18H11F3N2. The van der Waals surface area contributed by atoms with Crippen molar-refractivity contribution in [2.75, 3.05) is 0 Å². The molecule has 2 nitrogen and oxygen atoms in total. The van der Waals surface area contributed by atoms with Crippen LogP contribution in [0.5, 0.6) is 0 Å². The lowest BCUT2D eigenvalue weighted by molar-refractivity contribution is 0.494. The fraction of sp³-hybridized carbons (Fsp3) is 0. The van der Waals surface area contributed by atoms with Gasteiger partial charge in [-0.25, -0.2) is 13.2 Å². The molecule has 0 N–H and O–H groups in total. The Hall–Kier alpha value is -2.95. The van der Waals surface area contributed by atoms with Crippen molar-refractivity contribution < 1.29 is 13.2 Å². The maximum atomic E-state index is 13.5. The second-order valence-corrected chi connectivity index (χ2v) is 4.81. The Balaban J connectivity index is 1.82. The van der Waals surface area contributed by atoms with Crippen LogP contribution in [0.4, 0.5) is 13.2 Å². The Morgan fingerprint density at radius 1 is 0.739 bits per heavy atom.